The number of thioether (sulfide) groups is 1. The van der Waals surface area contributed by atoms with Crippen molar-refractivity contribution >= 4 is 57.3 Å². The summed E-state index contributed by atoms with van der Waals surface area (Å²) in [5.74, 6) is -0.695. The van der Waals surface area contributed by atoms with E-state index in [0.29, 0.717) is 38.6 Å². The van der Waals surface area contributed by atoms with Crippen LogP contribution >= 0.6 is 34.7 Å². The van der Waals surface area contributed by atoms with Gasteiger partial charge >= 0.3 is 5.91 Å². The quantitative estimate of drug-likeness (QED) is 0.0590. The number of rotatable bonds is 9. The predicted octanol–water partition coefficient (Wildman–Crippen LogP) is 7.69. The number of nitrogens with zero attached hydrogens (tertiary/aromatic N) is 3. The van der Waals surface area contributed by atoms with E-state index in [9.17, 15) is 14.7 Å². The maximum Gasteiger partial charge on any atom is 0.301 e. The minimum atomic E-state index is -0.962. The lowest BCUT2D eigenvalue weighted by atomic mass is 9.95. The van der Waals surface area contributed by atoms with Gasteiger partial charge < -0.3 is 9.84 Å². The molecule has 0 aliphatic carbocycles. The highest BCUT2D eigenvalue weighted by Gasteiger charge is 2.48. The van der Waals surface area contributed by atoms with Crippen LogP contribution < -0.4 is 9.64 Å². The largest absolute Gasteiger partial charge is 0.507 e. The van der Waals surface area contributed by atoms with Crippen LogP contribution in [-0.4, -0.2) is 27.0 Å². The van der Waals surface area contributed by atoms with Crippen molar-refractivity contribution in [1.29, 1.82) is 0 Å². The van der Waals surface area contributed by atoms with Crippen LogP contribution in [0.2, 0.25) is 5.02 Å². The average Bonchev–Trinajstić information content (AvgIpc) is 3.62. The van der Waals surface area contributed by atoms with Crippen molar-refractivity contribution in [3.05, 3.63) is 142 Å². The van der Waals surface area contributed by atoms with Gasteiger partial charge in [0.25, 0.3) is 5.78 Å². The number of ketones is 1. The Labute approximate surface area is 261 Å². The Kier molecular flexibility index (Phi) is 8.55. The highest BCUT2D eigenvalue weighted by atomic mass is 35.5. The number of aliphatic hydroxyl groups is 1. The summed E-state index contributed by atoms with van der Waals surface area (Å²) in [6.07, 6.45) is 0. The van der Waals surface area contributed by atoms with E-state index in [1.807, 2.05) is 60.7 Å². The third-order valence-electron chi connectivity index (χ3n) is 6.79. The number of halogens is 1. The summed E-state index contributed by atoms with van der Waals surface area (Å²) < 4.78 is 6.70. The van der Waals surface area contributed by atoms with Gasteiger partial charge in [-0.25, -0.2) is 0 Å². The normalized spacial score (nSPS) is 16.0. The molecular weight excluding hydrogens is 602 g/mol. The first-order chi connectivity index (χ1) is 21.0. The molecule has 0 bridgehead atoms. The Balaban J connectivity index is 1.37. The molecule has 1 aromatic heterocycles. The lowest BCUT2D eigenvalue weighted by Gasteiger charge is -2.23. The van der Waals surface area contributed by atoms with E-state index in [4.69, 9.17) is 16.3 Å². The number of ether oxygens (including phenoxy) is 1. The number of aliphatic hydroxyl groups excluding tert-OH is 1. The zero-order valence-corrected chi connectivity index (χ0v) is 25.0. The van der Waals surface area contributed by atoms with Crippen molar-refractivity contribution in [3.63, 3.8) is 0 Å². The fourth-order valence-corrected chi connectivity index (χ4v) is 6.65. The molecule has 1 N–H and O–H groups in total. The smallest absolute Gasteiger partial charge is 0.301 e. The van der Waals surface area contributed by atoms with Crippen LogP contribution in [0.15, 0.2) is 119 Å². The lowest BCUT2D eigenvalue weighted by Crippen LogP contribution is -2.29. The lowest BCUT2D eigenvalue weighted by molar-refractivity contribution is -0.132. The molecule has 2 heterocycles. The van der Waals surface area contributed by atoms with E-state index >= 15 is 0 Å². The first kappa shape index (κ1) is 28.7. The Morgan fingerprint density at radius 2 is 1.58 bits per heavy atom. The van der Waals surface area contributed by atoms with Crippen molar-refractivity contribution in [2.75, 3.05) is 4.90 Å². The maximum atomic E-state index is 13.6. The fraction of sp³-hybridized carbons (Fsp3) is 0.0909. The van der Waals surface area contributed by atoms with E-state index in [0.717, 1.165) is 11.1 Å². The molecule has 1 amide bonds. The van der Waals surface area contributed by atoms with Gasteiger partial charge in [-0.05, 0) is 53.1 Å². The summed E-state index contributed by atoms with van der Waals surface area (Å²) in [6.45, 7) is 0.341. The number of anilines is 1. The number of carbonyl (C=O) groups is 2. The molecule has 1 unspecified atom stereocenters. The van der Waals surface area contributed by atoms with Gasteiger partial charge in [-0.15, -0.1) is 10.2 Å². The minimum absolute atomic E-state index is 0.0544. The van der Waals surface area contributed by atoms with E-state index in [2.05, 4.69) is 10.2 Å². The molecule has 7 nitrogen and oxygen atoms in total. The van der Waals surface area contributed by atoms with Gasteiger partial charge in [-0.3, -0.25) is 14.5 Å². The number of carbonyl (C=O) groups excluding carboxylic acids is 2. The van der Waals surface area contributed by atoms with Crippen LogP contribution in [0.3, 0.4) is 0 Å². The van der Waals surface area contributed by atoms with Gasteiger partial charge in [-0.2, -0.15) is 0 Å². The molecule has 0 saturated carbocycles. The molecule has 1 saturated heterocycles. The molecule has 1 atom stereocenters. The molecule has 0 spiro atoms. The van der Waals surface area contributed by atoms with E-state index < -0.39 is 17.7 Å². The Hall–Kier alpha value is -4.44. The second-order valence-electron chi connectivity index (χ2n) is 9.65. The van der Waals surface area contributed by atoms with Crippen molar-refractivity contribution in [2.24, 2.45) is 0 Å². The molecule has 6 rings (SSSR count). The first-order valence-electron chi connectivity index (χ1n) is 13.3. The van der Waals surface area contributed by atoms with Crippen LogP contribution in [0.5, 0.6) is 5.75 Å². The molecule has 10 heteroatoms. The van der Waals surface area contributed by atoms with E-state index in [1.54, 1.807) is 48.5 Å². The van der Waals surface area contributed by atoms with Crippen molar-refractivity contribution < 1.29 is 19.4 Å². The van der Waals surface area contributed by atoms with Crippen LogP contribution in [0, 0.1) is 0 Å². The Bertz CT molecular complexity index is 1790. The molecule has 1 fully saturated rings. The second kappa shape index (κ2) is 12.8. The van der Waals surface area contributed by atoms with Crippen LogP contribution in [0.1, 0.15) is 28.3 Å². The van der Waals surface area contributed by atoms with Crippen molar-refractivity contribution in [3.8, 4) is 5.75 Å². The zero-order chi connectivity index (χ0) is 29.8. The zero-order valence-electron chi connectivity index (χ0n) is 22.6. The van der Waals surface area contributed by atoms with Crippen molar-refractivity contribution in [2.45, 2.75) is 22.7 Å². The summed E-state index contributed by atoms with van der Waals surface area (Å²) in [5.41, 5.74) is 3.01. The average molecular weight is 626 g/mol. The van der Waals surface area contributed by atoms with Crippen molar-refractivity contribution in [1.82, 2.24) is 10.2 Å². The van der Waals surface area contributed by atoms with E-state index in [-0.39, 0.29) is 16.5 Å². The number of Topliss-reactive ketones (excluding diaryl/α,β-unsaturated/α-hetero) is 1. The topological polar surface area (TPSA) is 92.6 Å². The third kappa shape index (κ3) is 6.34. The Morgan fingerprint density at radius 1 is 0.884 bits per heavy atom. The SMILES string of the molecule is O=C1C(=O)N(c2nnc(SCc3ccccc3)s2)C(c2cccc(OCc3ccccc3)c2)C1=C(O)c1ccc(Cl)cc1. The number of amides is 1. The molecule has 4 aromatic carbocycles. The first-order valence-corrected chi connectivity index (χ1v) is 15.5. The monoisotopic (exact) mass is 625 g/mol. The minimum Gasteiger partial charge on any atom is -0.507 e. The highest BCUT2D eigenvalue weighted by molar-refractivity contribution is 8.00. The second-order valence-corrected chi connectivity index (χ2v) is 12.3. The van der Waals surface area contributed by atoms with Gasteiger partial charge in [0.1, 0.15) is 18.1 Å². The van der Waals surface area contributed by atoms with Gasteiger partial charge in [0.15, 0.2) is 4.34 Å². The summed E-state index contributed by atoms with van der Waals surface area (Å²) in [6, 6.07) is 32.3. The fourth-order valence-electron chi connectivity index (χ4n) is 4.70. The standard InChI is InChI=1S/C33H24ClN3O4S2/c34-25-16-14-23(15-17-25)29(38)27-28(24-12-7-13-26(18-24)41-19-21-8-3-1-4-9-21)37(31(40)30(27)39)32-35-36-33(43-32)42-20-22-10-5-2-6-11-22/h1-18,28,38H,19-20H2. The number of benzene rings is 4. The predicted molar refractivity (Wildman–Crippen MR) is 169 cm³/mol. The van der Waals surface area contributed by atoms with Gasteiger partial charge in [0.05, 0.1) is 11.6 Å². The molecular formula is C33H24ClN3O4S2. The van der Waals surface area contributed by atoms with Crippen LogP contribution in [0.25, 0.3) is 5.76 Å². The summed E-state index contributed by atoms with van der Waals surface area (Å²) in [5, 5.41) is 20.7. The molecule has 1 aliphatic heterocycles. The highest BCUT2D eigenvalue weighted by Crippen LogP contribution is 2.44. The van der Waals surface area contributed by atoms with Gasteiger partial charge in [-0.1, -0.05) is 107 Å². The molecule has 214 valence electrons. The summed E-state index contributed by atoms with van der Waals surface area (Å²) in [7, 11) is 0. The Morgan fingerprint density at radius 3 is 2.30 bits per heavy atom. The summed E-state index contributed by atoms with van der Waals surface area (Å²) in [4.78, 5) is 28.4. The van der Waals surface area contributed by atoms with Crippen LogP contribution in [-0.2, 0) is 21.9 Å². The molecule has 43 heavy (non-hydrogen) atoms. The maximum absolute atomic E-state index is 13.6. The van der Waals surface area contributed by atoms with Gasteiger partial charge in [0.2, 0.25) is 5.13 Å². The van der Waals surface area contributed by atoms with Crippen LogP contribution in [0.4, 0.5) is 5.13 Å². The molecule has 5 aromatic rings. The molecule has 1 aliphatic rings. The number of hydrogen-bond donors (Lipinski definition) is 1. The summed E-state index contributed by atoms with van der Waals surface area (Å²) >= 11 is 8.77. The van der Waals surface area contributed by atoms with E-state index in [1.165, 1.54) is 28.0 Å². The third-order valence-corrected chi connectivity index (χ3v) is 9.17. The number of aromatic nitrogens is 2. The van der Waals surface area contributed by atoms with Gasteiger partial charge in [0, 0.05) is 16.3 Å². The molecule has 0 radical (unpaired) electrons. The number of hydrogen-bond acceptors (Lipinski definition) is 8.